The molecule has 1 atom stereocenters. The third-order valence-corrected chi connectivity index (χ3v) is 2.99. The van der Waals surface area contributed by atoms with E-state index in [9.17, 15) is 4.79 Å². The summed E-state index contributed by atoms with van der Waals surface area (Å²) in [7, 11) is 0. The Balaban J connectivity index is 2.81. The van der Waals surface area contributed by atoms with E-state index in [0.29, 0.717) is 6.54 Å². The van der Waals surface area contributed by atoms with Crippen LogP contribution in [0.1, 0.15) is 33.3 Å². The Morgan fingerprint density at radius 3 is 2.50 bits per heavy atom. The van der Waals surface area contributed by atoms with Crippen LogP contribution in [-0.2, 0) is 11.3 Å². The van der Waals surface area contributed by atoms with Crippen molar-refractivity contribution in [3.8, 4) is 0 Å². The van der Waals surface area contributed by atoms with Crippen LogP contribution in [0.2, 0.25) is 0 Å². The molecule has 0 saturated carbocycles. The van der Waals surface area contributed by atoms with E-state index >= 15 is 0 Å². The van der Waals surface area contributed by atoms with Gasteiger partial charge in [0, 0.05) is 25.0 Å². The first-order valence-electron chi connectivity index (χ1n) is 6.38. The van der Waals surface area contributed by atoms with Crippen molar-refractivity contribution < 1.29 is 4.79 Å². The lowest BCUT2D eigenvalue weighted by molar-refractivity contribution is -0.136. The first kappa shape index (κ1) is 14.6. The zero-order chi connectivity index (χ0) is 13.7. The van der Waals surface area contributed by atoms with Crippen molar-refractivity contribution in [2.75, 3.05) is 0 Å². The lowest BCUT2D eigenvalue weighted by atomic mass is 10.0. The number of amides is 1. The molecule has 2 N–H and O–H groups in total. The summed E-state index contributed by atoms with van der Waals surface area (Å²) in [6, 6.07) is 3.53. The smallest absolute Gasteiger partial charge is 0.240 e. The van der Waals surface area contributed by atoms with Gasteiger partial charge in [0.05, 0.1) is 6.04 Å². The lowest BCUT2D eigenvalue weighted by Crippen LogP contribution is -2.48. The highest BCUT2D eigenvalue weighted by Gasteiger charge is 2.25. The van der Waals surface area contributed by atoms with Gasteiger partial charge in [-0.25, -0.2) is 0 Å². The summed E-state index contributed by atoms with van der Waals surface area (Å²) in [5, 5.41) is 0. The van der Waals surface area contributed by atoms with Gasteiger partial charge < -0.3 is 10.6 Å². The summed E-state index contributed by atoms with van der Waals surface area (Å²) in [5.74, 6) is 0.150. The Bertz CT molecular complexity index is 376. The highest BCUT2D eigenvalue weighted by molar-refractivity contribution is 5.82. The fraction of sp³-hybridized carbons (Fsp3) is 0.571. The van der Waals surface area contributed by atoms with Crippen molar-refractivity contribution in [3.05, 3.63) is 30.1 Å². The second-order valence-electron chi connectivity index (χ2n) is 5.19. The summed E-state index contributed by atoms with van der Waals surface area (Å²) >= 11 is 0. The molecule has 0 aliphatic carbocycles. The second-order valence-corrected chi connectivity index (χ2v) is 5.19. The molecule has 18 heavy (non-hydrogen) atoms. The summed E-state index contributed by atoms with van der Waals surface area (Å²) < 4.78 is 0. The Morgan fingerprint density at radius 1 is 1.39 bits per heavy atom. The SMILES string of the molecule is CC(C)C(N)C(=O)N(Cc1cccnc1)C(C)C. The Labute approximate surface area is 109 Å². The lowest BCUT2D eigenvalue weighted by Gasteiger charge is -2.30. The van der Waals surface area contributed by atoms with Crippen molar-refractivity contribution in [2.24, 2.45) is 11.7 Å². The maximum atomic E-state index is 12.3. The van der Waals surface area contributed by atoms with Crippen LogP contribution in [0.3, 0.4) is 0 Å². The Morgan fingerprint density at radius 2 is 2.06 bits per heavy atom. The van der Waals surface area contributed by atoms with Crippen LogP contribution in [0.25, 0.3) is 0 Å². The maximum Gasteiger partial charge on any atom is 0.240 e. The minimum absolute atomic E-state index is 0.00357. The van der Waals surface area contributed by atoms with E-state index in [1.165, 1.54) is 0 Å². The van der Waals surface area contributed by atoms with Crippen LogP contribution in [0.5, 0.6) is 0 Å². The zero-order valence-electron chi connectivity index (χ0n) is 11.6. The van der Waals surface area contributed by atoms with Crippen molar-refractivity contribution in [3.63, 3.8) is 0 Å². The molecule has 0 aliphatic heterocycles. The zero-order valence-corrected chi connectivity index (χ0v) is 11.6. The van der Waals surface area contributed by atoms with Crippen molar-refractivity contribution in [2.45, 2.75) is 46.3 Å². The standard InChI is InChI=1S/C14H23N3O/c1-10(2)13(15)14(18)17(11(3)4)9-12-6-5-7-16-8-12/h5-8,10-11,13H,9,15H2,1-4H3. The fourth-order valence-electron chi connectivity index (χ4n) is 1.68. The Hall–Kier alpha value is -1.42. The number of nitrogens with two attached hydrogens (primary N) is 1. The molecule has 1 heterocycles. The molecular weight excluding hydrogens is 226 g/mol. The molecule has 0 radical (unpaired) electrons. The van der Waals surface area contributed by atoms with Gasteiger partial charge in [-0.05, 0) is 31.4 Å². The summed E-state index contributed by atoms with van der Waals surface area (Å²) in [6.07, 6.45) is 3.51. The van der Waals surface area contributed by atoms with E-state index in [-0.39, 0.29) is 17.9 Å². The minimum atomic E-state index is -0.441. The van der Waals surface area contributed by atoms with Gasteiger partial charge in [0.15, 0.2) is 0 Å². The monoisotopic (exact) mass is 249 g/mol. The van der Waals surface area contributed by atoms with Crippen molar-refractivity contribution in [1.82, 2.24) is 9.88 Å². The molecule has 0 saturated heterocycles. The molecule has 0 aromatic carbocycles. The third-order valence-electron chi connectivity index (χ3n) is 2.99. The van der Waals surface area contributed by atoms with Gasteiger partial charge in [-0.3, -0.25) is 9.78 Å². The predicted molar refractivity (Wildman–Crippen MR) is 72.7 cm³/mol. The van der Waals surface area contributed by atoms with Gasteiger partial charge in [0.2, 0.25) is 5.91 Å². The van der Waals surface area contributed by atoms with Gasteiger partial charge in [0.1, 0.15) is 0 Å². The van der Waals surface area contributed by atoms with Gasteiger partial charge in [-0.1, -0.05) is 19.9 Å². The highest BCUT2D eigenvalue weighted by atomic mass is 16.2. The highest BCUT2D eigenvalue weighted by Crippen LogP contribution is 2.11. The van der Waals surface area contributed by atoms with Crippen LogP contribution in [0, 0.1) is 5.92 Å². The topological polar surface area (TPSA) is 59.2 Å². The van der Waals surface area contributed by atoms with Gasteiger partial charge in [-0.15, -0.1) is 0 Å². The molecule has 100 valence electrons. The third kappa shape index (κ3) is 3.81. The van der Waals surface area contributed by atoms with E-state index in [0.717, 1.165) is 5.56 Å². The number of hydrogen-bond donors (Lipinski definition) is 1. The molecular formula is C14H23N3O. The molecule has 0 bridgehead atoms. The molecule has 4 nitrogen and oxygen atoms in total. The summed E-state index contributed by atoms with van der Waals surface area (Å²) in [5.41, 5.74) is 6.97. The summed E-state index contributed by atoms with van der Waals surface area (Å²) in [4.78, 5) is 18.2. The average Bonchev–Trinajstić information content (AvgIpc) is 2.35. The largest absolute Gasteiger partial charge is 0.335 e. The van der Waals surface area contributed by atoms with Gasteiger partial charge >= 0.3 is 0 Å². The predicted octanol–water partition coefficient (Wildman–Crippen LogP) is 1.80. The number of nitrogens with zero attached hydrogens (tertiary/aromatic N) is 2. The fourth-order valence-corrected chi connectivity index (χ4v) is 1.68. The number of carbonyl (C=O) groups is 1. The molecule has 1 aromatic rings. The number of pyridine rings is 1. The van der Waals surface area contributed by atoms with Gasteiger partial charge in [-0.2, -0.15) is 0 Å². The van der Waals surface area contributed by atoms with Crippen LogP contribution in [0.15, 0.2) is 24.5 Å². The number of rotatable bonds is 5. The van der Waals surface area contributed by atoms with E-state index in [2.05, 4.69) is 4.98 Å². The number of hydrogen-bond acceptors (Lipinski definition) is 3. The molecule has 1 rings (SSSR count). The molecule has 0 fully saturated rings. The maximum absolute atomic E-state index is 12.3. The van der Waals surface area contributed by atoms with Crippen LogP contribution in [-0.4, -0.2) is 27.9 Å². The first-order chi connectivity index (χ1) is 8.43. The molecule has 1 aromatic heterocycles. The van der Waals surface area contributed by atoms with Crippen LogP contribution in [0.4, 0.5) is 0 Å². The molecule has 0 aliphatic rings. The molecule has 1 amide bonds. The van der Waals surface area contributed by atoms with E-state index < -0.39 is 6.04 Å². The molecule has 0 spiro atoms. The van der Waals surface area contributed by atoms with Crippen LogP contribution < -0.4 is 5.73 Å². The number of carbonyl (C=O) groups excluding carboxylic acids is 1. The number of aromatic nitrogens is 1. The first-order valence-corrected chi connectivity index (χ1v) is 6.38. The Kier molecular flexibility index (Phi) is 5.28. The van der Waals surface area contributed by atoms with Crippen molar-refractivity contribution >= 4 is 5.91 Å². The molecule has 4 heteroatoms. The average molecular weight is 249 g/mol. The van der Waals surface area contributed by atoms with Crippen LogP contribution >= 0.6 is 0 Å². The molecule has 1 unspecified atom stereocenters. The minimum Gasteiger partial charge on any atom is -0.335 e. The normalized spacial score (nSPS) is 12.8. The second kappa shape index (κ2) is 6.50. The quantitative estimate of drug-likeness (QED) is 0.865. The van der Waals surface area contributed by atoms with E-state index in [1.807, 2.05) is 44.7 Å². The van der Waals surface area contributed by atoms with E-state index in [4.69, 9.17) is 5.73 Å². The van der Waals surface area contributed by atoms with E-state index in [1.54, 1.807) is 12.4 Å². The van der Waals surface area contributed by atoms with Crippen molar-refractivity contribution in [1.29, 1.82) is 0 Å². The van der Waals surface area contributed by atoms with Gasteiger partial charge in [0.25, 0.3) is 0 Å². The summed E-state index contributed by atoms with van der Waals surface area (Å²) in [6.45, 7) is 8.49.